The molecule has 0 unspecified atom stereocenters. The second-order valence-electron chi connectivity index (χ2n) is 3.79. The summed E-state index contributed by atoms with van der Waals surface area (Å²) in [5.74, 6) is -1.22. The molecule has 0 spiro atoms. The van der Waals surface area contributed by atoms with Crippen LogP contribution in [0.4, 0.5) is 5.69 Å². The molecule has 0 radical (unpaired) electrons. The van der Waals surface area contributed by atoms with E-state index in [4.69, 9.17) is 5.11 Å². The second kappa shape index (κ2) is 5.15. The van der Waals surface area contributed by atoms with Crippen molar-refractivity contribution in [3.05, 3.63) is 48.8 Å². The topological polar surface area (TPSA) is 90.5 Å². The summed E-state index contributed by atoms with van der Waals surface area (Å²) in [6.07, 6.45) is 2.78. The molecular formula is C12H12N2O4S. The molecule has 2 N–H and O–H groups in total. The molecule has 2 rings (SSSR count). The molecule has 0 saturated carbocycles. The molecule has 0 aliphatic rings. The molecule has 19 heavy (non-hydrogen) atoms. The average Bonchev–Trinajstić information content (AvgIpc) is 2.91. The largest absolute Gasteiger partial charge is 0.480 e. The van der Waals surface area contributed by atoms with Gasteiger partial charge in [-0.1, -0.05) is 18.2 Å². The molecule has 100 valence electrons. The zero-order valence-corrected chi connectivity index (χ0v) is 10.7. The number of aromatic nitrogens is 1. The number of H-pyrrole nitrogens is 1. The Kier molecular flexibility index (Phi) is 3.57. The first-order chi connectivity index (χ1) is 9.01. The predicted molar refractivity (Wildman–Crippen MR) is 69.4 cm³/mol. The summed E-state index contributed by atoms with van der Waals surface area (Å²) in [6.45, 7) is -0.627. The van der Waals surface area contributed by atoms with E-state index in [0.717, 1.165) is 4.31 Å². The van der Waals surface area contributed by atoms with Gasteiger partial charge in [0.2, 0.25) is 0 Å². The summed E-state index contributed by atoms with van der Waals surface area (Å²) in [7, 11) is -3.88. The molecular weight excluding hydrogens is 268 g/mol. The molecule has 2 aromatic rings. The molecule has 0 aliphatic carbocycles. The van der Waals surface area contributed by atoms with Crippen LogP contribution < -0.4 is 4.31 Å². The number of anilines is 1. The zero-order valence-electron chi connectivity index (χ0n) is 9.85. The average molecular weight is 280 g/mol. The number of nitrogens with zero attached hydrogens (tertiary/aromatic N) is 1. The lowest BCUT2D eigenvalue weighted by atomic mass is 10.3. The van der Waals surface area contributed by atoms with Crippen LogP contribution in [0.5, 0.6) is 0 Å². The SMILES string of the molecule is O=C(O)CN(c1ccccc1)S(=O)(=O)c1cc[nH]c1. The number of hydrogen-bond acceptors (Lipinski definition) is 3. The number of hydrogen-bond donors (Lipinski definition) is 2. The minimum Gasteiger partial charge on any atom is -0.480 e. The van der Waals surface area contributed by atoms with E-state index in [1.165, 1.54) is 18.5 Å². The lowest BCUT2D eigenvalue weighted by Crippen LogP contribution is -2.35. The van der Waals surface area contributed by atoms with Crippen LogP contribution in [0.1, 0.15) is 0 Å². The standard InChI is InChI=1S/C12H12N2O4S/c15-12(16)9-14(10-4-2-1-3-5-10)19(17,18)11-6-7-13-8-11/h1-8,13H,9H2,(H,15,16). The Morgan fingerprint density at radius 1 is 1.21 bits per heavy atom. The monoisotopic (exact) mass is 280 g/mol. The van der Waals surface area contributed by atoms with Crippen LogP contribution >= 0.6 is 0 Å². The molecule has 0 amide bonds. The Balaban J connectivity index is 2.47. The van der Waals surface area contributed by atoms with Crippen molar-refractivity contribution in [2.24, 2.45) is 0 Å². The van der Waals surface area contributed by atoms with Gasteiger partial charge in [-0.05, 0) is 18.2 Å². The fourth-order valence-electron chi connectivity index (χ4n) is 1.63. The second-order valence-corrected chi connectivity index (χ2v) is 5.65. The normalized spacial score (nSPS) is 11.2. The molecule has 1 heterocycles. The molecule has 0 aliphatic heterocycles. The number of carbonyl (C=O) groups is 1. The van der Waals surface area contributed by atoms with Gasteiger partial charge in [-0.3, -0.25) is 9.10 Å². The van der Waals surface area contributed by atoms with Crippen molar-refractivity contribution >= 4 is 21.7 Å². The molecule has 0 bridgehead atoms. The molecule has 1 aromatic heterocycles. The van der Waals surface area contributed by atoms with E-state index in [2.05, 4.69) is 4.98 Å². The maximum atomic E-state index is 12.4. The van der Waals surface area contributed by atoms with Crippen molar-refractivity contribution in [2.75, 3.05) is 10.8 Å². The number of benzene rings is 1. The summed E-state index contributed by atoms with van der Waals surface area (Å²) in [4.78, 5) is 13.6. The summed E-state index contributed by atoms with van der Waals surface area (Å²) in [5, 5.41) is 8.89. The summed E-state index contributed by atoms with van der Waals surface area (Å²) >= 11 is 0. The van der Waals surface area contributed by atoms with E-state index in [9.17, 15) is 13.2 Å². The van der Waals surface area contributed by atoms with Gasteiger partial charge in [-0.2, -0.15) is 0 Å². The highest BCUT2D eigenvalue weighted by Gasteiger charge is 2.27. The van der Waals surface area contributed by atoms with Gasteiger partial charge < -0.3 is 10.1 Å². The zero-order chi connectivity index (χ0) is 13.9. The van der Waals surface area contributed by atoms with Crippen LogP contribution in [-0.2, 0) is 14.8 Å². The Bertz CT molecular complexity index is 650. The van der Waals surface area contributed by atoms with E-state index >= 15 is 0 Å². The summed E-state index contributed by atoms with van der Waals surface area (Å²) in [6, 6.07) is 9.51. The number of aliphatic carboxylic acids is 1. The third-order valence-electron chi connectivity index (χ3n) is 2.48. The highest BCUT2D eigenvalue weighted by molar-refractivity contribution is 7.92. The minimum absolute atomic E-state index is 0.0256. The number of sulfonamides is 1. The number of rotatable bonds is 5. The molecule has 7 heteroatoms. The first kappa shape index (κ1) is 13.2. The molecule has 0 fully saturated rings. The Labute approximate surface area is 110 Å². The van der Waals surface area contributed by atoms with Gasteiger partial charge in [0.1, 0.15) is 11.4 Å². The molecule has 6 nitrogen and oxygen atoms in total. The van der Waals surface area contributed by atoms with Crippen LogP contribution in [-0.4, -0.2) is 31.0 Å². The first-order valence-corrected chi connectivity index (χ1v) is 6.88. The van der Waals surface area contributed by atoms with Gasteiger partial charge in [0, 0.05) is 12.4 Å². The number of carboxylic acid groups (broad SMARTS) is 1. The Morgan fingerprint density at radius 3 is 2.42 bits per heavy atom. The maximum absolute atomic E-state index is 12.4. The minimum atomic E-state index is -3.88. The first-order valence-electron chi connectivity index (χ1n) is 5.44. The van der Waals surface area contributed by atoms with Crippen LogP contribution in [0, 0.1) is 0 Å². The van der Waals surface area contributed by atoms with Gasteiger partial charge in [-0.25, -0.2) is 8.42 Å². The fourth-order valence-corrected chi connectivity index (χ4v) is 3.02. The Morgan fingerprint density at radius 2 is 1.89 bits per heavy atom. The predicted octanol–water partition coefficient (Wildman–Crippen LogP) is 1.29. The maximum Gasteiger partial charge on any atom is 0.324 e. The third kappa shape index (κ3) is 2.76. The lowest BCUT2D eigenvalue weighted by Gasteiger charge is -2.21. The van der Waals surface area contributed by atoms with Gasteiger partial charge in [0.15, 0.2) is 0 Å². The van der Waals surface area contributed by atoms with Gasteiger partial charge in [0.05, 0.1) is 5.69 Å². The number of nitrogens with one attached hydrogen (secondary N) is 1. The quantitative estimate of drug-likeness (QED) is 0.863. The smallest absolute Gasteiger partial charge is 0.324 e. The highest BCUT2D eigenvalue weighted by Crippen LogP contribution is 2.22. The van der Waals surface area contributed by atoms with Crippen molar-refractivity contribution in [1.29, 1.82) is 0 Å². The van der Waals surface area contributed by atoms with Gasteiger partial charge in [-0.15, -0.1) is 0 Å². The van der Waals surface area contributed by atoms with Crippen LogP contribution in [0.15, 0.2) is 53.7 Å². The van der Waals surface area contributed by atoms with Crippen LogP contribution in [0.2, 0.25) is 0 Å². The van der Waals surface area contributed by atoms with Crippen LogP contribution in [0.25, 0.3) is 0 Å². The van der Waals surface area contributed by atoms with E-state index in [0.29, 0.717) is 5.69 Å². The summed E-state index contributed by atoms with van der Waals surface area (Å²) in [5.41, 5.74) is 0.311. The fraction of sp³-hybridized carbons (Fsp3) is 0.0833. The molecule has 0 saturated heterocycles. The van der Waals surface area contributed by atoms with Crippen LogP contribution in [0.3, 0.4) is 0 Å². The molecule has 1 aromatic carbocycles. The van der Waals surface area contributed by atoms with Crippen molar-refractivity contribution < 1.29 is 18.3 Å². The lowest BCUT2D eigenvalue weighted by molar-refractivity contribution is -0.135. The van der Waals surface area contributed by atoms with Gasteiger partial charge >= 0.3 is 5.97 Å². The van der Waals surface area contributed by atoms with E-state index in [1.54, 1.807) is 30.3 Å². The summed E-state index contributed by atoms with van der Waals surface area (Å²) < 4.78 is 25.6. The van der Waals surface area contributed by atoms with E-state index < -0.39 is 22.5 Å². The highest BCUT2D eigenvalue weighted by atomic mass is 32.2. The van der Waals surface area contributed by atoms with Crippen molar-refractivity contribution in [3.63, 3.8) is 0 Å². The van der Waals surface area contributed by atoms with Crippen molar-refractivity contribution in [1.82, 2.24) is 4.98 Å². The van der Waals surface area contributed by atoms with Crippen molar-refractivity contribution in [2.45, 2.75) is 4.90 Å². The number of aromatic amines is 1. The third-order valence-corrected chi connectivity index (χ3v) is 4.25. The Hall–Kier alpha value is -2.28. The number of para-hydroxylation sites is 1. The molecule has 0 atom stereocenters. The van der Waals surface area contributed by atoms with E-state index in [-0.39, 0.29) is 4.90 Å². The van der Waals surface area contributed by atoms with Gasteiger partial charge in [0.25, 0.3) is 10.0 Å². The number of carboxylic acids is 1. The van der Waals surface area contributed by atoms with Crippen molar-refractivity contribution in [3.8, 4) is 0 Å². The van der Waals surface area contributed by atoms with E-state index in [1.807, 2.05) is 0 Å².